The van der Waals surface area contributed by atoms with Gasteiger partial charge in [-0.2, -0.15) is 0 Å². The highest BCUT2D eigenvalue weighted by Crippen LogP contribution is 2.30. The van der Waals surface area contributed by atoms with Gasteiger partial charge in [0.05, 0.1) is 0 Å². The Labute approximate surface area is 151 Å². The van der Waals surface area contributed by atoms with Crippen molar-refractivity contribution in [3.8, 4) is 5.75 Å². The van der Waals surface area contributed by atoms with Crippen molar-refractivity contribution in [2.45, 2.75) is 32.3 Å². The molecule has 0 spiro atoms. The van der Waals surface area contributed by atoms with Gasteiger partial charge in [-0.15, -0.1) is 0 Å². The molecule has 0 unspecified atom stereocenters. The standard InChI is InChI=1S/C20H21FN2O3/c1-20(2,26-17-10-8-14(21)9-11-17)19(25)23-16-5-3-4-15(12-16)22-18(24)13-6-7-13/h3-5,8-13H,6-7H2,1-2H3,(H,22,24)(H,23,25). The van der Waals surface area contributed by atoms with E-state index in [2.05, 4.69) is 10.6 Å². The minimum atomic E-state index is -1.16. The number of ether oxygens (including phenoxy) is 1. The maximum Gasteiger partial charge on any atom is 0.267 e. The summed E-state index contributed by atoms with van der Waals surface area (Å²) in [6.45, 7) is 3.26. The first kappa shape index (κ1) is 17.9. The first-order valence-electron chi connectivity index (χ1n) is 8.50. The molecule has 3 rings (SSSR count). The number of rotatable bonds is 6. The molecule has 26 heavy (non-hydrogen) atoms. The van der Waals surface area contributed by atoms with Crippen LogP contribution in [0.3, 0.4) is 0 Å². The Morgan fingerprint density at radius 2 is 1.65 bits per heavy atom. The predicted molar refractivity (Wildman–Crippen MR) is 97.5 cm³/mol. The van der Waals surface area contributed by atoms with Gasteiger partial charge in [0, 0.05) is 17.3 Å². The van der Waals surface area contributed by atoms with Crippen LogP contribution < -0.4 is 15.4 Å². The second-order valence-corrected chi connectivity index (χ2v) is 6.86. The lowest BCUT2D eigenvalue weighted by molar-refractivity contribution is -0.128. The van der Waals surface area contributed by atoms with E-state index >= 15 is 0 Å². The molecule has 1 aliphatic carbocycles. The van der Waals surface area contributed by atoms with Crippen LogP contribution in [-0.2, 0) is 9.59 Å². The summed E-state index contributed by atoms with van der Waals surface area (Å²) in [6.07, 6.45) is 1.86. The Morgan fingerprint density at radius 1 is 1.04 bits per heavy atom. The van der Waals surface area contributed by atoms with Crippen molar-refractivity contribution in [2.75, 3.05) is 10.6 Å². The van der Waals surface area contributed by atoms with E-state index in [0.29, 0.717) is 17.1 Å². The number of carbonyl (C=O) groups excluding carboxylic acids is 2. The Hall–Kier alpha value is -2.89. The van der Waals surface area contributed by atoms with Crippen molar-refractivity contribution >= 4 is 23.2 Å². The van der Waals surface area contributed by atoms with Crippen LogP contribution >= 0.6 is 0 Å². The highest BCUT2D eigenvalue weighted by Gasteiger charge is 2.31. The number of hydrogen-bond acceptors (Lipinski definition) is 3. The van der Waals surface area contributed by atoms with Gasteiger partial charge in [-0.25, -0.2) is 4.39 Å². The number of nitrogens with one attached hydrogen (secondary N) is 2. The zero-order valence-electron chi connectivity index (χ0n) is 14.7. The second kappa shape index (κ2) is 7.15. The van der Waals surface area contributed by atoms with Gasteiger partial charge in [0.15, 0.2) is 5.60 Å². The first-order valence-corrected chi connectivity index (χ1v) is 8.50. The monoisotopic (exact) mass is 356 g/mol. The summed E-state index contributed by atoms with van der Waals surface area (Å²) in [5.74, 6) is -0.209. The van der Waals surface area contributed by atoms with E-state index in [1.165, 1.54) is 24.3 Å². The van der Waals surface area contributed by atoms with Crippen molar-refractivity contribution in [3.63, 3.8) is 0 Å². The quantitative estimate of drug-likeness (QED) is 0.823. The van der Waals surface area contributed by atoms with Gasteiger partial charge in [-0.3, -0.25) is 9.59 Å². The molecule has 1 fully saturated rings. The molecular weight excluding hydrogens is 335 g/mol. The molecule has 2 N–H and O–H groups in total. The first-order chi connectivity index (χ1) is 12.3. The van der Waals surface area contributed by atoms with Gasteiger partial charge >= 0.3 is 0 Å². The lowest BCUT2D eigenvalue weighted by atomic mass is 10.1. The van der Waals surface area contributed by atoms with E-state index in [4.69, 9.17) is 4.74 Å². The third kappa shape index (κ3) is 4.59. The average molecular weight is 356 g/mol. The fourth-order valence-electron chi connectivity index (χ4n) is 2.39. The number of anilines is 2. The molecule has 136 valence electrons. The van der Waals surface area contributed by atoms with Crippen LogP contribution in [-0.4, -0.2) is 17.4 Å². The SMILES string of the molecule is CC(C)(Oc1ccc(F)cc1)C(=O)Nc1cccc(NC(=O)C2CC2)c1. The van der Waals surface area contributed by atoms with Crippen molar-refractivity contribution in [1.29, 1.82) is 0 Å². The Morgan fingerprint density at radius 3 is 2.27 bits per heavy atom. The van der Waals surface area contributed by atoms with Gasteiger partial charge in [0.2, 0.25) is 5.91 Å². The predicted octanol–water partition coefficient (Wildman–Crippen LogP) is 3.97. The summed E-state index contributed by atoms with van der Waals surface area (Å²) in [7, 11) is 0. The van der Waals surface area contributed by atoms with Crippen molar-refractivity contribution in [3.05, 3.63) is 54.3 Å². The molecule has 0 saturated heterocycles. The minimum absolute atomic E-state index is 0.00782. The van der Waals surface area contributed by atoms with Crippen LogP contribution in [0.4, 0.5) is 15.8 Å². The van der Waals surface area contributed by atoms with Crippen LogP contribution in [0, 0.1) is 11.7 Å². The highest BCUT2D eigenvalue weighted by atomic mass is 19.1. The van der Waals surface area contributed by atoms with Crippen LogP contribution in [0.2, 0.25) is 0 Å². The molecule has 2 aromatic rings. The lowest BCUT2D eigenvalue weighted by Gasteiger charge is -2.25. The van der Waals surface area contributed by atoms with Gasteiger partial charge < -0.3 is 15.4 Å². The normalized spacial score (nSPS) is 13.8. The molecule has 1 saturated carbocycles. The molecule has 0 heterocycles. The van der Waals surface area contributed by atoms with Gasteiger partial charge in [0.25, 0.3) is 5.91 Å². The topological polar surface area (TPSA) is 67.4 Å². The molecular formula is C20H21FN2O3. The van der Waals surface area contributed by atoms with Gasteiger partial charge in [-0.1, -0.05) is 6.07 Å². The average Bonchev–Trinajstić information content (AvgIpc) is 3.42. The van der Waals surface area contributed by atoms with E-state index in [9.17, 15) is 14.0 Å². The van der Waals surface area contributed by atoms with Crippen LogP contribution in [0.5, 0.6) is 5.75 Å². The van der Waals surface area contributed by atoms with E-state index in [0.717, 1.165) is 12.8 Å². The Kier molecular flexibility index (Phi) is 4.93. The van der Waals surface area contributed by atoms with Gasteiger partial charge in [-0.05, 0) is 69.2 Å². The molecule has 1 aliphatic rings. The molecule has 5 nitrogen and oxygen atoms in total. The lowest BCUT2D eigenvalue weighted by Crippen LogP contribution is -2.42. The summed E-state index contributed by atoms with van der Waals surface area (Å²) >= 11 is 0. The zero-order valence-corrected chi connectivity index (χ0v) is 14.7. The fourth-order valence-corrected chi connectivity index (χ4v) is 2.39. The number of halogens is 1. The maximum absolute atomic E-state index is 13.0. The number of hydrogen-bond donors (Lipinski definition) is 2. The maximum atomic E-state index is 13.0. The van der Waals surface area contributed by atoms with E-state index in [1.807, 2.05) is 0 Å². The van der Waals surface area contributed by atoms with Crippen LogP contribution in [0.25, 0.3) is 0 Å². The number of benzene rings is 2. The third-order valence-corrected chi connectivity index (χ3v) is 4.07. The molecule has 0 radical (unpaired) electrons. The third-order valence-electron chi connectivity index (χ3n) is 4.07. The number of amides is 2. The smallest absolute Gasteiger partial charge is 0.267 e. The van der Waals surface area contributed by atoms with Crippen molar-refractivity contribution in [2.24, 2.45) is 5.92 Å². The zero-order chi connectivity index (χ0) is 18.7. The van der Waals surface area contributed by atoms with Crippen molar-refractivity contribution < 1.29 is 18.7 Å². The number of carbonyl (C=O) groups is 2. The van der Waals surface area contributed by atoms with Crippen molar-refractivity contribution in [1.82, 2.24) is 0 Å². The molecule has 0 atom stereocenters. The van der Waals surface area contributed by atoms with Crippen LogP contribution in [0.15, 0.2) is 48.5 Å². The Balaban J connectivity index is 1.64. The van der Waals surface area contributed by atoms with Crippen LogP contribution in [0.1, 0.15) is 26.7 Å². The summed E-state index contributed by atoms with van der Waals surface area (Å²) in [5.41, 5.74) is 0.0294. The molecule has 6 heteroatoms. The largest absolute Gasteiger partial charge is 0.478 e. The summed E-state index contributed by atoms with van der Waals surface area (Å²) in [5, 5.41) is 5.63. The van der Waals surface area contributed by atoms with Gasteiger partial charge in [0.1, 0.15) is 11.6 Å². The van der Waals surface area contributed by atoms with E-state index in [1.54, 1.807) is 38.1 Å². The second-order valence-electron chi connectivity index (χ2n) is 6.86. The summed E-state index contributed by atoms with van der Waals surface area (Å²) in [6, 6.07) is 12.5. The molecule has 0 aliphatic heterocycles. The minimum Gasteiger partial charge on any atom is -0.478 e. The summed E-state index contributed by atoms with van der Waals surface area (Å²) in [4.78, 5) is 24.4. The Bertz CT molecular complexity index is 814. The van der Waals surface area contributed by atoms with E-state index in [-0.39, 0.29) is 23.5 Å². The van der Waals surface area contributed by atoms with E-state index < -0.39 is 5.60 Å². The fraction of sp³-hybridized carbons (Fsp3) is 0.300. The molecule has 0 bridgehead atoms. The highest BCUT2D eigenvalue weighted by molar-refractivity contribution is 5.98. The summed E-state index contributed by atoms with van der Waals surface area (Å²) < 4.78 is 18.7. The molecule has 0 aromatic heterocycles. The molecule has 2 aromatic carbocycles. The molecule has 2 amide bonds.